The van der Waals surface area contributed by atoms with E-state index in [0.717, 1.165) is 5.46 Å². The highest BCUT2D eigenvalue weighted by Gasteiger charge is 2.52. The van der Waals surface area contributed by atoms with E-state index in [4.69, 9.17) is 9.31 Å². The average Bonchev–Trinajstić information content (AvgIpc) is 3.02. The molecule has 1 saturated heterocycles. The van der Waals surface area contributed by atoms with Crippen LogP contribution in [0.1, 0.15) is 27.7 Å². The van der Waals surface area contributed by atoms with E-state index in [9.17, 15) is 10.1 Å². The van der Waals surface area contributed by atoms with Gasteiger partial charge in [-0.05, 0) is 27.7 Å². The lowest BCUT2D eigenvalue weighted by atomic mass is 9.82. The number of aromatic nitrogens is 3. The van der Waals surface area contributed by atoms with E-state index in [1.165, 1.54) is 23.0 Å². The first-order valence-corrected chi connectivity index (χ1v) is 7.21. The molecule has 8 nitrogen and oxygen atoms in total. The van der Waals surface area contributed by atoms with Crippen molar-refractivity contribution in [3.63, 3.8) is 0 Å². The van der Waals surface area contributed by atoms with Crippen molar-refractivity contribution in [2.45, 2.75) is 38.9 Å². The summed E-state index contributed by atoms with van der Waals surface area (Å²) < 4.78 is 13.4. The Morgan fingerprint density at radius 2 is 1.91 bits per heavy atom. The van der Waals surface area contributed by atoms with Gasteiger partial charge in [0.05, 0.1) is 22.2 Å². The van der Waals surface area contributed by atoms with Gasteiger partial charge in [-0.25, -0.2) is 9.67 Å². The van der Waals surface area contributed by atoms with Crippen LogP contribution in [-0.4, -0.2) is 38.0 Å². The lowest BCUT2D eigenvalue weighted by molar-refractivity contribution is -0.384. The van der Waals surface area contributed by atoms with Crippen LogP contribution in [0.15, 0.2) is 30.7 Å². The number of nitro groups is 1. The molecule has 2 aromatic rings. The molecule has 3 heterocycles. The summed E-state index contributed by atoms with van der Waals surface area (Å²) in [6, 6.07) is 2.70. The quantitative estimate of drug-likeness (QED) is 0.484. The minimum absolute atomic E-state index is 0.0392. The monoisotopic (exact) mass is 316 g/mol. The van der Waals surface area contributed by atoms with Gasteiger partial charge in [0.15, 0.2) is 5.82 Å². The van der Waals surface area contributed by atoms with Crippen LogP contribution >= 0.6 is 0 Å². The van der Waals surface area contributed by atoms with Gasteiger partial charge in [-0.15, -0.1) is 0 Å². The largest absolute Gasteiger partial charge is 0.498 e. The molecular weight excluding hydrogens is 299 g/mol. The van der Waals surface area contributed by atoms with Crippen molar-refractivity contribution in [3.05, 3.63) is 40.8 Å². The van der Waals surface area contributed by atoms with Gasteiger partial charge in [0, 0.05) is 30.1 Å². The molecule has 0 unspecified atom stereocenters. The van der Waals surface area contributed by atoms with Gasteiger partial charge in [-0.2, -0.15) is 5.10 Å². The maximum Gasteiger partial charge on any atom is 0.498 e. The number of pyridine rings is 1. The van der Waals surface area contributed by atoms with Crippen molar-refractivity contribution in [2.75, 3.05) is 0 Å². The molecule has 23 heavy (non-hydrogen) atoms. The molecule has 1 fully saturated rings. The van der Waals surface area contributed by atoms with Gasteiger partial charge in [-0.1, -0.05) is 0 Å². The second kappa shape index (κ2) is 5.14. The SMILES string of the molecule is CC1(C)OB(c2cnn(-c3cc([N+](=O)[O-])ccn3)c2)OC1(C)C. The molecule has 1 aliphatic rings. The summed E-state index contributed by atoms with van der Waals surface area (Å²) in [5.74, 6) is 0.363. The van der Waals surface area contributed by atoms with E-state index >= 15 is 0 Å². The first kappa shape index (κ1) is 15.6. The van der Waals surface area contributed by atoms with Gasteiger partial charge < -0.3 is 9.31 Å². The normalized spacial score (nSPS) is 19.0. The topological polar surface area (TPSA) is 92.3 Å². The van der Waals surface area contributed by atoms with Crippen LogP contribution in [0.3, 0.4) is 0 Å². The van der Waals surface area contributed by atoms with Crippen LogP contribution in [0.2, 0.25) is 0 Å². The second-order valence-electron chi connectivity index (χ2n) is 6.44. The Hall–Kier alpha value is -2.26. The van der Waals surface area contributed by atoms with Crippen molar-refractivity contribution in [1.29, 1.82) is 0 Å². The lowest BCUT2D eigenvalue weighted by Crippen LogP contribution is -2.41. The summed E-state index contributed by atoms with van der Waals surface area (Å²) in [4.78, 5) is 14.5. The van der Waals surface area contributed by atoms with E-state index in [-0.39, 0.29) is 5.69 Å². The van der Waals surface area contributed by atoms with Crippen molar-refractivity contribution >= 4 is 18.3 Å². The number of rotatable bonds is 3. The molecule has 3 rings (SSSR count). The minimum Gasteiger partial charge on any atom is -0.399 e. The molecule has 0 atom stereocenters. The zero-order chi connectivity index (χ0) is 16.8. The highest BCUT2D eigenvalue weighted by atomic mass is 16.7. The Kier molecular flexibility index (Phi) is 3.49. The Morgan fingerprint density at radius 3 is 2.52 bits per heavy atom. The summed E-state index contributed by atoms with van der Waals surface area (Å²) >= 11 is 0. The molecule has 9 heteroatoms. The molecule has 0 aliphatic carbocycles. The predicted molar refractivity (Wildman–Crippen MR) is 83.7 cm³/mol. The molecule has 1 aliphatic heterocycles. The summed E-state index contributed by atoms with van der Waals surface area (Å²) in [7, 11) is -0.535. The van der Waals surface area contributed by atoms with Crippen LogP contribution in [-0.2, 0) is 9.31 Å². The van der Waals surface area contributed by atoms with Crippen LogP contribution in [0.5, 0.6) is 0 Å². The molecular formula is C14H17BN4O4. The van der Waals surface area contributed by atoms with E-state index in [1.807, 2.05) is 27.7 Å². The highest BCUT2D eigenvalue weighted by Crippen LogP contribution is 2.36. The van der Waals surface area contributed by atoms with E-state index < -0.39 is 23.2 Å². The zero-order valence-corrected chi connectivity index (χ0v) is 13.4. The number of hydrogen-bond acceptors (Lipinski definition) is 6. The summed E-state index contributed by atoms with van der Waals surface area (Å²) in [5, 5.41) is 15.0. The third kappa shape index (κ3) is 2.73. The minimum atomic E-state index is -0.535. The molecule has 0 amide bonds. The Morgan fingerprint density at radius 1 is 1.26 bits per heavy atom. The first-order valence-electron chi connectivity index (χ1n) is 7.21. The van der Waals surface area contributed by atoms with Gasteiger partial charge in [0.2, 0.25) is 0 Å². The van der Waals surface area contributed by atoms with E-state index in [2.05, 4.69) is 10.1 Å². The van der Waals surface area contributed by atoms with Crippen LogP contribution in [0, 0.1) is 10.1 Å². The smallest absolute Gasteiger partial charge is 0.399 e. The first-order chi connectivity index (χ1) is 10.7. The van der Waals surface area contributed by atoms with Gasteiger partial charge in [0.1, 0.15) is 0 Å². The molecule has 0 spiro atoms. The fourth-order valence-electron chi connectivity index (χ4n) is 2.21. The van der Waals surface area contributed by atoms with Crippen LogP contribution in [0.4, 0.5) is 5.69 Å². The van der Waals surface area contributed by atoms with E-state index in [0.29, 0.717) is 5.82 Å². The lowest BCUT2D eigenvalue weighted by Gasteiger charge is -2.32. The van der Waals surface area contributed by atoms with Gasteiger partial charge in [0.25, 0.3) is 5.69 Å². The predicted octanol–water partition coefficient (Wildman–Crippen LogP) is 1.47. The summed E-state index contributed by atoms with van der Waals surface area (Å²) in [6.07, 6.45) is 4.69. The maximum absolute atomic E-state index is 10.8. The molecule has 120 valence electrons. The third-order valence-corrected chi connectivity index (χ3v) is 4.30. The molecule has 2 aromatic heterocycles. The van der Waals surface area contributed by atoms with Crippen LogP contribution in [0.25, 0.3) is 5.82 Å². The fraction of sp³-hybridized carbons (Fsp3) is 0.429. The Labute approximate surface area is 133 Å². The van der Waals surface area contributed by atoms with Crippen molar-refractivity contribution in [1.82, 2.24) is 14.8 Å². The van der Waals surface area contributed by atoms with Gasteiger partial charge >= 0.3 is 7.12 Å². The molecule has 0 N–H and O–H groups in total. The van der Waals surface area contributed by atoms with Crippen molar-refractivity contribution in [2.24, 2.45) is 0 Å². The van der Waals surface area contributed by atoms with Gasteiger partial charge in [-0.3, -0.25) is 10.1 Å². The highest BCUT2D eigenvalue weighted by molar-refractivity contribution is 6.62. The summed E-state index contributed by atoms with van der Waals surface area (Å²) in [5.41, 5.74) is -0.188. The maximum atomic E-state index is 10.8. The standard InChI is InChI=1S/C14H17BN4O4/c1-13(2)14(3,4)23-15(22-13)10-8-17-18(9-10)12-7-11(19(20)21)5-6-16-12/h5-9H,1-4H3. The average molecular weight is 316 g/mol. The second-order valence-corrected chi connectivity index (χ2v) is 6.44. The summed E-state index contributed by atoms with van der Waals surface area (Å²) in [6.45, 7) is 7.89. The molecule has 0 bridgehead atoms. The van der Waals surface area contributed by atoms with E-state index in [1.54, 1.807) is 12.4 Å². The molecule has 0 saturated carbocycles. The Balaban J connectivity index is 1.87. The fourth-order valence-corrected chi connectivity index (χ4v) is 2.21. The number of nitrogens with zero attached hydrogens (tertiary/aromatic N) is 4. The van der Waals surface area contributed by atoms with Crippen molar-refractivity contribution < 1.29 is 14.2 Å². The molecule has 0 radical (unpaired) electrons. The molecule has 0 aromatic carbocycles. The third-order valence-electron chi connectivity index (χ3n) is 4.30. The zero-order valence-electron chi connectivity index (χ0n) is 13.4. The van der Waals surface area contributed by atoms with Crippen LogP contribution < -0.4 is 5.46 Å². The van der Waals surface area contributed by atoms with Crippen molar-refractivity contribution in [3.8, 4) is 5.82 Å². The Bertz CT molecular complexity index is 743. The number of hydrogen-bond donors (Lipinski definition) is 0.